The van der Waals surface area contributed by atoms with E-state index in [9.17, 15) is 5.11 Å². The molecule has 0 aliphatic carbocycles. The summed E-state index contributed by atoms with van der Waals surface area (Å²) in [6.45, 7) is 2.11. The maximum atomic E-state index is 9.31. The Hall–Kier alpha value is -0.630. The summed E-state index contributed by atoms with van der Waals surface area (Å²) in [5, 5.41) is 9.31. The van der Waals surface area contributed by atoms with Gasteiger partial charge < -0.3 is 5.11 Å². The van der Waals surface area contributed by atoms with Crippen molar-refractivity contribution in [2.24, 2.45) is 0 Å². The number of aryl methyl sites for hydroxylation is 1. The van der Waals surface area contributed by atoms with Gasteiger partial charge in [-0.1, -0.05) is 13.0 Å². The number of phenolic OH excluding ortho intramolecular Hbond substituents is 1. The van der Waals surface area contributed by atoms with Crippen LogP contribution in [-0.4, -0.2) is 11.4 Å². The largest absolute Gasteiger partial charge is 0.507 e. The molecule has 0 saturated carbocycles. The predicted octanol–water partition coefficient (Wildman–Crippen LogP) is 2.68. The van der Waals surface area contributed by atoms with Crippen molar-refractivity contribution < 1.29 is 5.11 Å². The van der Waals surface area contributed by atoms with Crippen molar-refractivity contribution in [1.82, 2.24) is 0 Å². The zero-order valence-electron chi connectivity index (χ0n) is 6.79. The van der Waals surface area contributed by atoms with Crippen LogP contribution in [0.4, 0.5) is 0 Å². The van der Waals surface area contributed by atoms with E-state index in [1.54, 1.807) is 17.8 Å². The van der Waals surface area contributed by atoms with E-state index in [4.69, 9.17) is 0 Å². The summed E-state index contributed by atoms with van der Waals surface area (Å²) < 4.78 is 0. The van der Waals surface area contributed by atoms with Crippen molar-refractivity contribution in [3.63, 3.8) is 0 Å². The van der Waals surface area contributed by atoms with E-state index < -0.39 is 0 Å². The van der Waals surface area contributed by atoms with Gasteiger partial charge in [-0.25, -0.2) is 0 Å². The van der Waals surface area contributed by atoms with E-state index in [0.29, 0.717) is 5.75 Å². The molecule has 0 fully saturated rings. The van der Waals surface area contributed by atoms with Crippen LogP contribution in [0.3, 0.4) is 0 Å². The molecule has 0 saturated heterocycles. The van der Waals surface area contributed by atoms with E-state index in [-0.39, 0.29) is 0 Å². The van der Waals surface area contributed by atoms with E-state index in [2.05, 4.69) is 6.92 Å². The molecule has 1 nitrogen and oxygen atoms in total. The Labute approximate surface area is 71.4 Å². The van der Waals surface area contributed by atoms with Crippen molar-refractivity contribution >= 4 is 11.8 Å². The van der Waals surface area contributed by atoms with Gasteiger partial charge in [0.1, 0.15) is 5.75 Å². The first kappa shape index (κ1) is 8.47. The second kappa shape index (κ2) is 3.67. The third kappa shape index (κ3) is 1.90. The van der Waals surface area contributed by atoms with Gasteiger partial charge in [0.25, 0.3) is 0 Å². The summed E-state index contributed by atoms with van der Waals surface area (Å²) in [5.74, 6) is 0.384. The number of aromatic hydroxyl groups is 1. The minimum Gasteiger partial charge on any atom is -0.507 e. The second-order valence-electron chi connectivity index (χ2n) is 2.36. The highest BCUT2D eigenvalue weighted by molar-refractivity contribution is 7.98. The molecule has 0 heterocycles. The number of rotatable bonds is 2. The third-order valence-electron chi connectivity index (χ3n) is 1.65. The van der Waals surface area contributed by atoms with Gasteiger partial charge in [-0.2, -0.15) is 0 Å². The van der Waals surface area contributed by atoms with E-state index >= 15 is 0 Å². The van der Waals surface area contributed by atoms with Crippen LogP contribution in [0.2, 0.25) is 0 Å². The van der Waals surface area contributed by atoms with Crippen molar-refractivity contribution in [2.75, 3.05) is 6.26 Å². The van der Waals surface area contributed by atoms with Crippen LogP contribution in [0.25, 0.3) is 0 Å². The molecule has 11 heavy (non-hydrogen) atoms. The zero-order chi connectivity index (χ0) is 8.27. The normalized spacial score (nSPS) is 10.0. The molecule has 2 heteroatoms. The van der Waals surface area contributed by atoms with Crippen molar-refractivity contribution in [2.45, 2.75) is 18.2 Å². The molecule has 0 aromatic heterocycles. The fourth-order valence-electron chi connectivity index (χ4n) is 0.942. The molecule has 0 radical (unpaired) electrons. The topological polar surface area (TPSA) is 20.2 Å². The van der Waals surface area contributed by atoms with E-state index in [0.717, 1.165) is 11.3 Å². The average Bonchev–Trinajstić information content (AvgIpc) is 2.05. The summed E-state index contributed by atoms with van der Waals surface area (Å²) in [4.78, 5) is 0.962. The Balaban J connectivity index is 3.02. The summed E-state index contributed by atoms with van der Waals surface area (Å²) >= 11 is 1.57. The Morgan fingerprint density at radius 1 is 1.45 bits per heavy atom. The fourth-order valence-corrected chi connectivity index (χ4v) is 1.49. The Morgan fingerprint density at radius 3 is 2.73 bits per heavy atom. The van der Waals surface area contributed by atoms with Gasteiger partial charge >= 0.3 is 0 Å². The van der Waals surface area contributed by atoms with Crippen LogP contribution in [-0.2, 0) is 6.42 Å². The highest BCUT2D eigenvalue weighted by Gasteiger charge is 1.98. The van der Waals surface area contributed by atoms with Crippen molar-refractivity contribution in [3.8, 4) is 5.75 Å². The van der Waals surface area contributed by atoms with Gasteiger partial charge in [0.15, 0.2) is 0 Å². The van der Waals surface area contributed by atoms with Gasteiger partial charge in [-0.05, 0) is 30.4 Å². The maximum absolute atomic E-state index is 9.31. The minimum atomic E-state index is 0.384. The summed E-state index contributed by atoms with van der Waals surface area (Å²) in [7, 11) is 0. The van der Waals surface area contributed by atoms with Crippen LogP contribution < -0.4 is 0 Å². The fraction of sp³-hybridized carbons (Fsp3) is 0.333. The average molecular weight is 168 g/mol. The van der Waals surface area contributed by atoms with Crippen molar-refractivity contribution in [1.29, 1.82) is 0 Å². The van der Waals surface area contributed by atoms with Crippen molar-refractivity contribution in [3.05, 3.63) is 23.8 Å². The first-order chi connectivity index (χ1) is 5.27. The molecule has 0 aliphatic rings. The molecular weight excluding hydrogens is 156 g/mol. The number of hydrogen-bond acceptors (Lipinski definition) is 2. The first-order valence-electron chi connectivity index (χ1n) is 3.63. The maximum Gasteiger partial charge on any atom is 0.129 e. The number of benzene rings is 1. The number of thioether (sulfide) groups is 1. The standard InChI is InChI=1S/C9H12OS/c1-3-7-4-5-8(10)9(6-7)11-2/h4-6,10H,3H2,1-2H3. The molecular formula is C9H12OS. The Bertz CT molecular complexity index is 245. The van der Waals surface area contributed by atoms with Crippen LogP contribution in [0.1, 0.15) is 12.5 Å². The summed E-state index contributed by atoms with van der Waals surface area (Å²) in [6, 6.07) is 5.74. The van der Waals surface area contributed by atoms with Crippen LogP contribution in [0.15, 0.2) is 23.1 Å². The minimum absolute atomic E-state index is 0.384. The van der Waals surface area contributed by atoms with Gasteiger partial charge in [0.2, 0.25) is 0 Å². The van der Waals surface area contributed by atoms with Gasteiger partial charge in [-0.3, -0.25) is 0 Å². The smallest absolute Gasteiger partial charge is 0.129 e. The van der Waals surface area contributed by atoms with Gasteiger partial charge in [-0.15, -0.1) is 11.8 Å². The zero-order valence-corrected chi connectivity index (χ0v) is 7.61. The lowest BCUT2D eigenvalue weighted by molar-refractivity contribution is 0.462. The SMILES string of the molecule is CCc1ccc(O)c(SC)c1. The molecule has 1 aromatic rings. The summed E-state index contributed by atoms with van der Waals surface area (Å²) in [5.41, 5.74) is 1.27. The molecule has 60 valence electrons. The molecule has 1 N–H and O–H groups in total. The molecule has 1 aromatic carbocycles. The highest BCUT2D eigenvalue weighted by Crippen LogP contribution is 2.27. The first-order valence-corrected chi connectivity index (χ1v) is 4.86. The van der Waals surface area contributed by atoms with Crippen LogP contribution in [0.5, 0.6) is 5.75 Å². The number of hydrogen-bond donors (Lipinski definition) is 1. The lowest BCUT2D eigenvalue weighted by Crippen LogP contribution is -1.80. The lowest BCUT2D eigenvalue weighted by atomic mass is 10.2. The molecule has 0 spiro atoms. The van der Waals surface area contributed by atoms with Gasteiger partial charge in [0.05, 0.1) is 0 Å². The Morgan fingerprint density at radius 2 is 2.18 bits per heavy atom. The molecule has 0 unspecified atom stereocenters. The molecule has 1 rings (SSSR count). The quantitative estimate of drug-likeness (QED) is 0.685. The van der Waals surface area contributed by atoms with E-state index in [1.165, 1.54) is 5.56 Å². The van der Waals surface area contributed by atoms with E-state index in [1.807, 2.05) is 18.4 Å². The highest BCUT2D eigenvalue weighted by atomic mass is 32.2. The third-order valence-corrected chi connectivity index (χ3v) is 2.42. The van der Waals surface area contributed by atoms with Crippen LogP contribution in [0, 0.1) is 0 Å². The van der Waals surface area contributed by atoms with Gasteiger partial charge in [0, 0.05) is 4.90 Å². The molecule has 0 atom stereocenters. The summed E-state index contributed by atoms with van der Waals surface area (Å²) in [6.07, 6.45) is 2.99. The molecule has 0 aliphatic heterocycles. The lowest BCUT2D eigenvalue weighted by Gasteiger charge is -2.02. The number of phenols is 1. The molecule has 0 amide bonds. The predicted molar refractivity (Wildman–Crippen MR) is 49.3 cm³/mol. The Kier molecular flexibility index (Phi) is 2.83. The monoisotopic (exact) mass is 168 g/mol. The van der Waals surface area contributed by atoms with Crippen LogP contribution >= 0.6 is 11.8 Å². The second-order valence-corrected chi connectivity index (χ2v) is 3.21. The molecule has 0 bridgehead atoms.